The molecule has 2 rings (SSSR count). The molecule has 0 saturated carbocycles. The summed E-state index contributed by atoms with van der Waals surface area (Å²) >= 11 is 0. The Morgan fingerprint density at radius 1 is 1.00 bits per heavy atom. The van der Waals surface area contributed by atoms with Gasteiger partial charge in [-0.3, -0.25) is 4.31 Å². The topological polar surface area (TPSA) is 37.4 Å². The maximum absolute atomic E-state index is 12.7. The van der Waals surface area contributed by atoms with E-state index in [0.29, 0.717) is 5.69 Å². The molecule has 118 valence electrons. The Kier molecular flexibility index (Phi) is 4.46. The molecule has 2 aromatic carbocycles. The Labute approximate surface area is 127 Å². The van der Waals surface area contributed by atoms with E-state index in [1.54, 1.807) is 30.3 Å². The lowest BCUT2D eigenvalue weighted by Crippen LogP contribution is -2.29. The molecule has 0 aromatic heterocycles. The van der Waals surface area contributed by atoms with Crippen LogP contribution in [0.15, 0.2) is 54.6 Å². The summed E-state index contributed by atoms with van der Waals surface area (Å²) in [4.78, 5) is 0. The van der Waals surface area contributed by atoms with E-state index in [9.17, 15) is 21.6 Å². The number of para-hydroxylation sites is 1. The van der Waals surface area contributed by atoms with Crippen LogP contribution in [0, 0.1) is 0 Å². The fraction of sp³-hybridized carbons (Fsp3) is 0.200. The van der Waals surface area contributed by atoms with Crippen LogP contribution in [0.2, 0.25) is 0 Å². The highest BCUT2D eigenvalue weighted by Gasteiger charge is 2.30. The van der Waals surface area contributed by atoms with Gasteiger partial charge in [-0.15, -0.1) is 0 Å². The average molecular weight is 329 g/mol. The van der Waals surface area contributed by atoms with E-state index < -0.39 is 21.8 Å². The summed E-state index contributed by atoms with van der Waals surface area (Å²) in [6.45, 7) is -0.160. The van der Waals surface area contributed by atoms with E-state index >= 15 is 0 Å². The highest BCUT2D eigenvalue weighted by Crippen LogP contribution is 2.30. The molecule has 0 aliphatic heterocycles. The number of anilines is 1. The second-order valence-corrected chi connectivity index (χ2v) is 6.71. The van der Waals surface area contributed by atoms with Gasteiger partial charge in [-0.2, -0.15) is 13.2 Å². The first-order chi connectivity index (χ1) is 10.2. The molecule has 7 heteroatoms. The van der Waals surface area contributed by atoms with Gasteiger partial charge in [0.15, 0.2) is 0 Å². The SMILES string of the molecule is CS(=O)(=O)N(Cc1cccc(C(F)(F)F)c1)c1ccccc1. The number of nitrogens with zero attached hydrogens (tertiary/aromatic N) is 1. The van der Waals surface area contributed by atoms with Crippen LogP contribution < -0.4 is 4.31 Å². The smallest absolute Gasteiger partial charge is 0.266 e. The van der Waals surface area contributed by atoms with Crippen molar-refractivity contribution in [1.82, 2.24) is 0 Å². The summed E-state index contributed by atoms with van der Waals surface area (Å²) in [6, 6.07) is 12.9. The van der Waals surface area contributed by atoms with Gasteiger partial charge in [-0.05, 0) is 29.8 Å². The third-order valence-electron chi connectivity index (χ3n) is 3.02. The first-order valence-electron chi connectivity index (χ1n) is 6.37. The van der Waals surface area contributed by atoms with Crippen molar-refractivity contribution in [3.8, 4) is 0 Å². The van der Waals surface area contributed by atoms with Gasteiger partial charge in [0.2, 0.25) is 10.0 Å². The lowest BCUT2D eigenvalue weighted by atomic mass is 10.1. The van der Waals surface area contributed by atoms with E-state index in [-0.39, 0.29) is 12.1 Å². The van der Waals surface area contributed by atoms with Crippen LogP contribution in [0.5, 0.6) is 0 Å². The van der Waals surface area contributed by atoms with Crippen LogP contribution in [-0.2, 0) is 22.7 Å². The first kappa shape index (κ1) is 16.4. The molecule has 0 radical (unpaired) electrons. The molecule has 0 bridgehead atoms. The van der Waals surface area contributed by atoms with Gasteiger partial charge in [-0.25, -0.2) is 8.42 Å². The number of halogens is 3. The number of hydrogen-bond donors (Lipinski definition) is 0. The fourth-order valence-electron chi connectivity index (χ4n) is 2.01. The third-order valence-corrected chi connectivity index (χ3v) is 4.17. The van der Waals surface area contributed by atoms with Crippen molar-refractivity contribution in [2.45, 2.75) is 12.7 Å². The van der Waals surface area contributed by atoms with Crippen molar-refractivity contribution in [3.05, 3.63) is 65.7 Å². The standard InChI is InChI=1S/C15H14F3NO2S/c1-22(20,21)19(14-8-3-2-4-9-14)11-12-6-5-7-13(10-12)15(16,17)18/h2-10H,11H2,1H3. The minimum Gasteiger partial charge on any atom is -0.266 e. The van der Waals surface area contributed by atoms with Gasteiger partial charge in [0.05, 0.1) is 24.1 Å². The van der Waals surface area contributed by atoms with Crippen LogP contribution in [0.1, 0.15) is 11.1 Å². The van der Waals surface area contributed by atoms with Crippen LogP contribution in [0.3, 0.4) is 0 Å². The van der Waals surface area contributed by atoms with Gasteiger partial charge in [0, 0.05) is 0 Å². The summed E-state index contributed by atoms with van der Waals surface area (Å²) in [5.41, 5.74) is -0.127. The maximum atomic E-state index is 12.7. The van der Waals surface area contributed by atoms with Crippen LogP contribution in [0.4, 0.5) is 18.9 Å². The molecular weight excluding hydrogens is 315 g/mol. The van der Waals surface area contributed by atoms with E-state index in [4.69, 9.17) is 0 Å². The predicted octanol–water partition coefficient (Wildman–Crippen LogP) is 3.67. The van der Waals surface area contributed by atoms with Crippen LogP contribution >= 0.6 is 0 Å². The Balaban J connectivity index is 2.37. The van der Waals surface area contributed by atoms with Crippen molar-refractivity contribution in [1.29, 1.82) is 0 Å². The number of alkyl halides is 3. The Morgan fingerprint density at radius 3 is 2.18 bits per heavy atom. The minimum atomic E-state index is -4.46. The first-order valence-corrected chi connectivity index (χ1v) is 8.21. The lowest BCUT2D eigenvalue weighted by Gasteiger charge is -2.23. The molecule has 3 nitrogen and oxygen atoms in total. The molecule has 0 aliphatic carbocycles. The molecule has 0 N–H and O–H groups in total. The zero-order valence-corrected chi connectivity index (χ0v) is 12.5. The number of sulfonamides is 1. The molecular formula is C15H14F3NO2S. The molecule has 0 aliphatic rings. The van der Waals surface area contributed by atoms with Gasteiger partial charge in [-0.1, -0.05) is 30.3 Å². The monoisotopic (exact) mass is 329 g/mol. The van der Waals surface area contributed by atoms with Gasteiger partial charge >= 0.3 is 6.18 Å². The van der Waals surface area contributed by atoms with Crippen molar-refractivity contribution >= 4 is 15.7 Å². The zero-order valence-electron chi connectivity index (χ0n) is 11.7. The molecule has 0 spiro atoms. The largest absolute Gasteiger partial charge is 0.416 e. The predicted molar refractivity (Wildman–Crippen MR) is 78.9 cm³/mol. The Bertz CT molecular complexity index is 743. The van der Waals surface area contributed by atoms with E-state index in [0.717, 1.165) is 22.7 Å². The van der Waals surface area contributed by atoms with Gasteiger partial charge < -0.3 is 0 Å². The summed E-state index contributed by atoms with van der Waals surface area (Å²) in [7, 11) is -3.61. The van der Waals surface area contributed by atoms with Crippen LogP contribution in [-0.4, -0.2) is 14.7 Å². The zero-order chi connectivity index (χ0) is 16.4. The average Bonchev–Trinajstić information content (AvgIpc) is 2.44. The third kappa shape index (κ3) is 4.00. The molecule has 0 unspecified atom stereocenters. The van der Waals surface area contributed by atoms with Crippen molar-refractivity contribution in [2.75, 3.05) is 10.6 Å². The van der Waals surface area contributed by atoms with Crippen LogP contribution in [0.25, 0.3) is 0 Å². The lowest BCUT2D eigenvalue weighted by molar-refractivity contribution is -0.137. The summed E-state index contributed by atoms with van der Waals surface area (Å²) < 4.78 is 63.1. The molecule has 0 heterocycles. The van der Waals surface area contributed by atoms with Gasteiger partial charge in [0.1, 0.15) is 0 Å². The molecule has 0 fully saturated rings. The summed E-state index contributed by atoms with van der Waals surface area (Å²) in [5, 5.41) is 0. The quantitative estimate of drug-likeness (QED) is 0.858. The van der Waals surface area contributed by atoms with Crippen molar-refractivity contribution in [3.63, 3.8) is 0 Å². The fourth-order valence-corrected chi connectivity index (χ4v) is 2.89. The molecule has 0 saturated heterocycles. The number of hydrogen-bond acceptors (Lipinski definition) is 2. The highest BCUT2D eigenvalue weighted by molar-refractivity contribution is 7.92. The van der Waals surface area contributed by atoms with E-state index in [1.165, 1.54) is 12.1 Å². The number of benzene rings is 2. The van der Waals surface area contributed by atoms with E-state index in [1.807, 2.05) is 0 Å². The minimum absolute atomic E-state index is 0.160. The number of rotatable bonds is 4. The second-order valence-electron chi connectivity index (χ2n) is 4.80. The molecule has 22 heavy (non-hydrogen) atoms. The Hall–Kier alpha value is -2.02. The molecule has 2 aromatic rings. The maximum Gasteiger partial charge on any atom is 0.416 e. The van der Waals surface area contributed by atoms with Gasteiger partial charge in [0.25, 0.3) is 0 Å². The normalized spacial score (nSPS) is 12.2. The molecule has 0 atom stereocenters. The molecule has 0 amide bonds. The van der Waals surface area contributed by atoms with E-state index in [2.05, 4.69) is 0 Å². The summed E-state index contributed by atoms with van der Waals surface area (Å²) in [5.74, 6) is 0. The second kappa shape index (κ2) is 6.00. The Morgan fingerprint density at radius 2 is 1.64 bits per heavy atom. The highest BCUT2D eigenvalue weighted by atomic mass is 32.2. The van der Waals surface area contributed by atoms with Crippen molar-refractivity contribution in [2.24, 2.45) is 0 Å². The van der Waals surface area contributed by atoms with Crippen molar-refractivity contribution < 1.29 is 21.6 Å². The summed E-state index contributed by atoms with van der Waals surface area (Å²) in [6.07, 6.45) is -3.44.